The van der Waals surface area contributed by atoms with Gasteiger partial charge in [-0.25, -0.2) is 0 Å². The fourth-order valence-corrected chi connectivity index (χ4v) is 3.13. The van der Waals surface area contributed by atoms with Gasteiger partial charge in [0.2, 0.25) is 0 Å². The van der Waals surface area contributed by atoms with E-state index in [2.05, 4.69) is 0 Å². The summed E-state index contributed by atoms with van der Waals surface area (Å²) >= 11 is 0. The molecule has 0 spiro atoms. The molecule has 1 aliphatic rings. The van der Waals surface area contributed by atoms with E-state index in [0.717, 1.165) is 12.8 Å². The number of piperidine rings is 1. The maximum Gasteiger partial charge on any atom is 0.303 e. The molecule has 1 heterocycles. The van der Waals surface area contributed by atoms with Gasteiger partial charge in [0.1, 0.15) is 5.75 Å². The molecule has 1 fully saturated rings. The van der Waals surface area contributed by atoms with Gasteiger partial charge in [-0.2, -0.15) is 0 Å². The highest BCUT2D eigenvalue weighted by molar-refractivity contribution is 6.01. The summed E-state index contributed by atoms with van der Waals surface area (Å²) in [6.45, 7) is 2.95. The lowest BCUT2D eigenvalue weighted by molar-refractivity contribution is -0.385. The van der Waals surface area contributed by atoms with E-state index in [-0.39, 0.29) is 29.3 Å². The number of carbonyl (C=O) groups is 2. The van der Waals surface area contributed by atoms with E-state index in [1.165, 1.54) is 12.1 Å². The molecule has 136 valence electrons. The van der Waals surface area contributed by atoms with E-state index in [9.17, 15) is 19.7 Å². The Bertz CT molecular complexity index is 661. The third kappa shape index (κ3) is 4.68. The number of likely N-dealkylation sites (tertiary alicyclic amines) is 1. The Morgan fingerprint density at radius 2 is 2.20 bits per heavy atom. The largest absolute Gasteiger partial charge is 0.493 e. The Balaban J connectivity index is 2.24. The first kappa shape index (κ1) is 18.7. The predicted octanol–water partition coefficient (Wildman–Crippen LogP) is 2.71. The molecule has 8 heteroatoms. The van der Waals surface area contributed by atoms with Crippen LogP contribution in [0.5, 0.6) is 5.75 Å². The number of hydrogen-bond acceptors (Lipinski definition) is 5. The Hall–Kier alpha value is -2.64. The average molecular weight is 350 g/mol. The number of carboxylic acid groups (broad SMARTS) is 1. The summed E-state index contributed by atoms with van der Waals surface area (Å²) in [5.74, 6) is -1.00. The van der Waals surface area contributed by atoms with Crippen molar-refractivity contribution in [2.75, 3.05) is 19.7 Å². The maximum atomic E-state index is 12.9. The Morgan fingerprint density at radius 3 is 2.84 bits per heavy atom. The Kier molecular flexibility index (Phi) is 6.32. The van der Waals surface area contributed by atoms with Crippen LogP contribution in [0.4, 0.5) is 5.69 Å². The topological polar surface area (TPSA) is 110 Å². The van der Waals surface area contributed by atoms with E-state index in [1.807, 2.05) is 0 Å². The van der Waals surface area contributed by atoms with Gasteiger partial charge in [0.05, 0.1) is 11.5 Å². The maximum absolute atomic E-state index is 12.9. The summed E-state index contributed by atoms with van der Waals surface area (Å²) in [5, 5.41) is 20.1. The molecule has 1 aromatic rings. The molecule has 1 aliphatic heterocycles. The first-order valence-electron chi connectivity index (χ1n) is 8.35. The van der Waals surface area contributed by atoms with Crippen LogP contribution >= 0.6 is 0 Å². The van der Waals surface area contributed by atoms with Crippen molar-refractivity contribution in [2.45, 2.75) is 32.6 Å². The number of carbonyl (C=O) groups excluding carboxylic acids is 1. The lowest BCUT2D eigenvalue weighted by Crippen LogP contribution is -2.40. The molecule has 0 aliphatic carbocycles. The second-order valence-electron chi connectivity index (χ2n) is 6.03. The standard InChI is InChI=1S/C17H22N2O6/c1-2-25-14-7-3-6-13(19(23)24)16(14)17(22)18-10-4-5-12(11-18)8-9-15(20)21/h3,6-7,12H,2,4-5,8-11H2,1H3,(H,20,21). The number of nitrogens with zero attached hydrogens (tertiary/aromatic N) is 2. The molecule has 8 nitrogen and oxygen atoms in total. The van der Waals surface area contributed by atoms with Crippen molar-refractivity contribution in [1.82, 2.24) is 4.90 Å². The number of carboxylic acids is 1. The summed E-state index contributed by atoms with van der Waals surface area (Å²) in [5.41, 5.74) is -0.308. The molecule has 1 N–H and O–H groups in total. The van der Waals surface area contributed by atoms with E-state index in [1.54, 1.807) is 17.9 Å². The van der Waals surface area contributed by atoms with Crippen molar-refractivity contribution in [3.63, 3.8) is 0 Å². The molecule has 25 heavy (non-hydrogen) atoms. The van der Waals surface area contributed by atoms with Gasteiger partial charge in [0.15, 0.2) is 5.56 Å². The molecule has 1 aromatic carbocycles. The van der Waals surface area contributed by atoms with E-state index < -0.39 is 16.8 Å². The lowest BCUT2D eigenvalue weighted by atomic mass is 9.93. The first-order chi connectivity index (χ1) is 11.9. The van der Waals surface area contributed by atoms with Crippen LogP contribution in [0.25, 0.3) is 0 Å². The number of nitro benzene ring substituents is 1. The van der Waals surface area contributed by atoms with E-state index in [4.69, 9.17) is 9.84 Å². The number of benzene rings is 1. The van der Waals surface area contributed by atoms with Crippen molar-refractivity contribution in [1.29, 1.82) is 0 Å². The summed E-state index contributed by atoms with van der Waals surface area (Å²) in [6, 6.07) is 4.34. The van der Waals surface area contributed by atoms with Crippen LogP contribution < -0.4 is 4.74 Å². The molecule has 1 unspecified atom stereocenters. The van der Waals surface area contributed by atoms with Crippen LogP contribution in [-0.2, 0) is 4.79 Å². The summed E-state index contributed by atoms with van der Waals surface area (Å²) in [7, 11) is 0. The summed E-state index contributed by atoms with van der Waals surface area (Å²) < 4.78 is 5.42. The monoisotopic (exact) mass is 350 g/mol. The predicted molar refractivity (Wildman–Crippen MR) is 89.8 cm³/mol. The van der Waals surface area contributed by atoms with Gasteiger partial charge in [-0.15, -0.1) is 0 Å². The molecule has 1 atom stereocenters. The second-order valence-corrected chi connectivity index (χ2v) is 6.03. The SMILES string of the molecule is CCOc1cccc([N+](=O)[O-])c1C(=O)N1CCCC(CCC(=O)O)C1. The number of aliphatic carboxylic acids is 1. The minimum absolute atomic E-state index is 0.0340. The van der Waals surface area contributed by atoms with Crippen LogP contribution in [0.15, 0.2) is 18.2 Å². The van der Waals surface area contributed by atoms with Crippen LogP contribution in [0, 0.1) is 16.0 Å². The third-order valence-corrected chi connectivity index (χ3v) is 4.29. The smallest absolute Gasteiger partial charge is 0.303 e. The number of amides is 1. The highest BCUT2D eigenvalue weighted by Gasteiger charge is 2.31. The molecule has 0 saturated carbocycles. The van der Waals surface area contributed by atoms with Crippen molar-refractivity contribution in [2.24, 2.45) is 5.92 Å². The molecule has 0 bridgehead atoms. The molecule has 1 saturated heterocycles. The zero-order valence-electron chi connectivity index (χ0n) is 14.1. The van der Waals surface area contributed by atoms with Crippen molar-refractivity contribution in [3.05, 3.63) is 33.9 Å². The average Bonchev–Trinajstić information content (AvgIpc) is 2.59. The van der Waals surface area contributed by atoms with Crippen LogP contribution in [0.2, 0.25) is 0 Å². The van der Waals surface area contributed by atoms with Gasteiger partial charge < -0.3 is 14.7 Å². The normalized spacial score (nSPS) is 17.2. The van der Waals surface area contributed by atoms with Crippen molar-refractivity contribution >= 4 is 17.6 Å². The van der Waals surface area contributed by atoms with Gasteiger partial charge in [-0.3, -0.25) is 19.7 Å². The molecule has 0 aromatic heterocycles. The lowest BCUT2D eigenvalue weighted by Gasteiger charge is -2.32. The molecule has 0 radical (unpaired) electrons. The van der Waals surface area contributed by atoms with Gasteiger partial charge >= 0.3 is 5.97 Å². The van der Waals surface area contributed by atoms with Crippen molar-refractivity contribution < 1.29 is 24.4 Å². The highest BCUT2D eigenvalue weighted by atomic mass is 16.6. The highest BCUT2D eigenvalue weighted by Crippen LogP contribution is 2.31. The van der Waals surface area contributed by atoms with E-state index in [0.29, 0.717) is 26.1 Å². The fourth-order valence-electron chi connectivity index (χ4n) is 3.13. The minimum atomic E-state index is -0.860. The minimum Gasteiger partial charge on any atom is -0.493 e. The summed E-state index contributed by atoms with van der Waals surface area (Å²) in [4.78, 5) is 36.0. The first-order valence-corrected chi connectivity index (χ1v) is 8.35. The van der Waals surface area contributed by atoms with Gasteiger partial charge in [0.25, 0.3) is 11.6 Å². The van der Waals surface area contributed by atoms with Crippen molar-refractivity contribution in [3.8, 4) is 5.75 Å². The number of hydrogen-bond donors (Lipinski definition) is 1. The van der Waals surface area contributed by atoms with Crippen LogP contribution in [-0.4, -0.2) is 46.5 Å². The molecular formula is C17H22N2O6. The van der Waals surface area contributed by atoms with Crippen LogP contribution in [0.3, 0.4) is 0 Å². The van der Waals surface area contributed by atoms with Gasteiger partial charge in [0, 0.05) is 25.6 Å². The molecule has 2 rings (SSSR count). The number of ether oxygens (including phenoxy) is 1. The van der Waals surface area contributed by atoms with Gasteiger partial charge in [-0.1, -0.05) is 6.07 Å². The quantitative estimate of drug-likeness (QED) is 0.598. The summed E-state index contributed by atoms with van der Waals surface area (Å²) in [6.07, 6.45) is 2.16. The zero-order valence-corrected chi connectivity index (χ0v) is 14.1. The Morgan fingerprint density at radius 1 is 1.44 bits per heavy atom. The van der Waals surface area contributed by atoms with Gasteiger partial charge in [-0.05, 0) is 38.2 Å². The molecule has 1 amide bonds. The Labute approximate surface area is 145 Å². The third-order valence-electron chi connectivity index (χ3n) is 4.29. The number of rotatable bonds is 7. The fraction of sp³-hybridized carbons (Fsp3) is 0.529. The number of nitro groups is 1. The molecular weight excluding hydrogens is 328 g/mol. The van der Waals surface area contributed by atoms with Crippen LogP contribution in [0.1, 0.15) is 43.0 Å². The van der Waals surface area contributed by atoms with E-state index >= 15 is 0 Å². The zero-order chi connectivity index (χ0) is 18.4. The second kappa shape index (κ2) is 8.46.